The summed E-state index contributed by atoms with van der Waals surface area (Å²) in [6, 6.07) is 7.07. The molecule has 3 heteroatoms. The first-order valence-corrected chi connectivity index (χ1v) is 8.87. The number of nitrogens with zero attached hydrogens (tertiary/aromatic N) is 1. The van der Waals surface area contributed by atoms with Gasteiger partial charge >= 0.3 is 0 Å². The van der Waals surface area contributed by atoms with Gasteiger partial charge in [0.2, 0.25) is 0 Å². The lowest BCUT2D eigenvalue weighted by Gasteiger charge is -2.17. The lowest BCUT2D eigenvalue weighted by atomic mass is 9.98. The lowest BCUT2D eigenvalue weighted by Crippen LogP contribution is -2.22. The number of aromatic nitrogens is 1. The summed E-state index contributed by atoms with van der Waals surface area (Å²) >= 11 is 2.00. The van der Waals surface area contributed by atoms with E-state index in [1.807, 2.05) is 24.5 Å². The molecule has 0 aromatic carbocycles. The summed E-state index contributed by atoms with van der Waals surface area (Å²) < 4.78 is 0. The molecule has 2 aromatic heterocycles. The number of fused-ring (bicyclic) bond motifs is 1. The summed E-state index contributed by atoms with van der Waals surface area (Å²) in [6.07, 6.45) is 8.42. The lowest BCUT2D eigenvalue weighted by molar-refractivity contribution is 0.603. The zero-order valence-electron chi connectivity index (χ0n) is 13.0. The van der Waals surface area contributed by atoms with Crippen molar-refractivity contribution in [3.8, 4) is 0 Å². The maximum Gasteiger partial charge on any atom is 0.0686 e. The number of hydrogen-bond acceptors (Lipinski definition) is 3. The summed E-state index contributed by atoms with van der Waals surface area (Å²) in [7, 11) is 0. The number of pyridine rings is 1. The maximum atomic E-state index is 4.48. The largest absolute Gasteiger partial charge is 0.306 e. The quantitative estimate of drug-likeness (QED) is 0.884. The summed E-state index contributed by atoms with van der Waals surface area (Å²) in [5, 5.41) is 3.70. The van der Waals surface area contributed by atoms with Gasteiger partial charge in [-0.3, -0.25) is 4.98 Å². The molecule has 2 heterocycles. The van der Waals surface area contributed by atoms with Crippen LogP contribution in [0, 0.1) is 6.92 Å². The van der Waals surface area contributed by atoms with Crippen molar-refractivity contribution in [2.24, 2.45) is 0 Å². The Labute approximate surface area is 131 Å². The second-order valence-corrected chi connectivity index (χ2v) is 7.09. The highest BCUT2D eigenvalue weighted by Gasteiger charge is 2.20. The molecule has 0 bridgehead atoms. The Hall–Kier alpha value is -1.19. The Morgan fingerprint density at radius 2 is 2.14 bits per heavy atom. The van der Waals surface area contributed by atoms with Crippen LogP contribution in [-0.4, -0.2) is 11.5 Å². The molecule has 112 valence electrons. The number of thiophene rings is 1. The molecule has 0 aliphatic heterocycles. The SMILES string of the molecule is CCCNC(c1ccc(C)nc1)c1cc2c(s1)CCCC2. The van der Waals surface area contributed by atoms with Gasteiger partial charge < -0.3 is 5.32 Å². The molecule has 1 N–H and O–H groups in total. The first-order valence-electron chi connectivity index (χ1n) is 8.05. The first-order chi connectivity index (χ1) is 10.3. The van der Waals surface area contributed by atoms with Gasteiger partial charge in [-0.2, -0.15) is 0 Å². The number of rotatable bonds is 5. The molecule has 0 saturated heterocycles. The normalized spacial score (nSPS) is 15.7. The zero-order chi connectivity index (χ0) is 14.7. The Balaban J connectivity index is 1.91. The van der Waals surface area contributed by atoms with Crippen molar-refractivity contribution < 1.29 is 0 Å². The highest BCUT2D eigenvalue weighted by atomic mass is 32.1. The van der Waals surface area contributed by atoms with Gasteiger partial charge in [0.05, 0.1) is 6.04 Å². The molecule has 21 heavy (non-hydrogen) atoms. The fourth-order valence-electron chi connectivity index (χ4n) is 2.98. The van der Waals surface area contributed by atoms with E-state index in [1.165, 1.54) is 36.1 Å². The smallest absolute Gasteiger partial charge is 0.0686 e. The molecule has 0 spiro atoms. The van der Waals surface area contributed by atoms with Crippen LogP contribution in [0.1, 0.15) is 58.8 Å². The fraction of sp³-hybridized carbons (Fsp3) is 0.500. The fourth-order valence-corrected chi connectivity index (χ4v) is 4.34. The van der Waals surface area contributed by atoms with Crippen molar-refractivity contribution in [2.75, 3.05) is 6.54 Å². The van der Waals surface area contributed by atoms with Crippen LogP contribution in [0.4, 0.5) is 0 Å². The number of aryl methyl sites for hydroxylation is 3. The molecule has 1 aliphatic rings. The van der Waals surface area contributed by atoms with E-state index in [2.05, 4.69) is 35.4 Å². The minimum absolute atomic E-state index is 0.300. The van der Waals surface area contributed by atoms with Gasteiger partial charge in [0.25, 0.3) is 0 Å². The number of hydrogen-bond donors (Lipinski definition) is 1. The van der Waals surface area contributed by atoms with Crippen LogP contribution in [0.25, 0.3) is 0 Å². The van der Waals surface area contributed by atoms with Crippen LogP contribution < -0.4 is 5.32 Å². The van der Waals surface area contributed by atoms with Gasteiger partial charge in [0.15, 0.2) is 0 Å². The van der Waals surface area contributed by atoms with Crippen LogP contribution in [0.3, 0.4) is 0 Å². The highest BCUT2D eigenvalue weighted by Crippen LogP contribution is 2.35. The van der Waals surface area contributed by atoms with Crippen molar-refractivity contribution in [3.05, 3.63) is 51.0 Å². The van der Waals surface area contributed by atoms with E-state index in [9.17, 15) is 0 Å². The summed E-state index contributed by atoms with van der Waals surface area (Å²) in [5.41, 5.74) is 3.95. The molecule has 2 nitrogen and oxygen atoms in total. The third kappa shape index (κ3) is 3.35. The van der Waals surface area contributed by atoms with Crippen molar-refractivity contribution in [2.45, 2.75) is 52.0 Å². The number of nitrogens with one attached hydrogen (secondary N) is 1. The maximum absolute atomic E-state index is 4.48. The first kappa shape index (κ1) is 14.7. The van der Waals surface area contributed by atoms with E-state index < -0.39 is 0 Å². The predicted octanol–water partition coefficient (Wildman–Crippen LogP) is 4.42. The van der Waals surface area contributed by atoms with Gasteiger partial charge in [0, 0.05) is 21.6 Å². The zero-order valence-corrected chi connectivity index (χ0v) is 13.8. The molecule has 0 radical (unpaired) electrons. The molecule has 0 amide bonds. The summed E-state index contributed by atoms with van der Waals surface area (Å²) in [4.78, 5) is 7.55. The summed E-state index contributed by atoms with van der Waals surface area (Å²) in [6.45, 7) is 5.31. The van der Waals surface area contributed by atoms with E-state index in [4.69, 9.17) is 0 Å². The second kappa shape index (κ2) is 6.71. The van der Waals surface area contributed by atoms with Crippen LogP contribution in [-0.2, 0) is 12.8 Å². The molecule has 3 rings (SSSR count). The molecule has 0 fully saturated rings. The van der Waals surface area contributed by atoms with Gasteiger partial charge in [0.1, 0.15) is 0 Å². The van der Waals surface area contributed by atoms with Crippen LogP contribution in [0.2, 0.25) is 0 Å². The standard InChI is InChI=1S/C18H24N2S/c1-3-10-19-18(15-9-8-13(2)20-12-15)17-11-14-6-4-5-7-16(14)21-17/h8-9,11-12,18-19H,3-7,10H2,1-2H3. The monoisotopic (exact) mass is 300 g/mol. The minimum Gasteiger partial charge on any atom is -0.306 e. The van der Waals surface area contributed by atoms with Crippen molar-refractivity contribution in [1.82, 2.24) is 10.3 Å². The second-order valence-electron chi connectivity index (χ2n) is 5.92. The molecule has 1 unspecified atom stereocenters. The Bertz CT molecular complexity index is 562. The Morgan fingerprint density at radius 3 is 2.86 bits per heavy atom. The predicted molar refractivity (Wildman–Crippen MR) is 90.1 cm³/mol. The third-order valence-corrected chi connectivity index (χ3v) is 5.47. The van der Waals surface area contributed by atoms with Crippen molar-refractivity contribution >= 4 is 11.3 Å². The average molecular weight is 300 g/mol. The van der Waals surface area contributed by atoms with Gasteiger partial charge in [-0.05, 0) is 68.8 Å². The van der Waals surface area contributed by atoms with Crippen LogP contribution in [0.5, 0.6) is 0 Å². The van der Waals surface area contributed by atoms with Gasteiger partial charge in [-0.25, -0.2) is 0 Å². The Kier molecular flexibility index (Phi) is 4.71. The topological polar surface area (TPSA) is 24.9 Å². The minimum atomic E-state index is 0.300. The van der Waals surface area contributed by atoms with E-state index in [0.717, 1.165) is 18.7 Å². The molecular weight excluding hydrogens is 276 g/mol. The van der Waals surface area contributed by atoms with E-state index >= 15 is 0 Å². The van der Waals surface area contributed by atoms with Crippen molar-refractivity contribution in [1.29, 1.82) is 0 Å². The van der Waals surface area contributed by atoms with E-state index in [0.29, 0.717) is 6.04 Å². The average Bonchev–Trinajstić information content (AvgIpc) is 2.93. The molecular formula is C18H24N2S. The van der Waals surface area contributed by atoms with E-state index in [-0.39, 0.29) is 0 Å². The molecule has 0 saturated carbocycles. The molecule has 1 atom stereocenters. The van der Waals surface area contributed by atoms with Crippen molar-refractivity contribution in [3.63, 3.8) is 0 Å². The Morgan fingerprint density at radius 1 is 1.29 bits per heavy atom. The summed E-state index contributed by atoms with van der Waals surface area (Å²) in [5.74, 6) is 0. The van der Waals surface area contributed by atoms with Gasteiger partial charge in [-0.15, -0.1) is 11.3 Å². The molecule has 1 aliphatic carbocycles. The molecule has 2 aromatic rings. The van der Waals surface area contributed by atoms with Crippen LogP contribution in [0.15, 0.2) is 24.4 Å². The highest BCUT2D eigenvalue weighted by molar-refractivity contribution is 7.12. The van der Waals surface area contributed by atoms with Gasteiger partial charge in [-0.1, -0.05) is 13.0 Å². The van der Waals surface area contributed by atoms with E-state index in [1.54, 1.807) is 10.4 Å². The van der Waals surface area contributed by atoms with Crippen LogP contribution >= 0.6 is 11.3 Å². The third-order valence-electron chi connectivity index (χ3n) is 4.17.